The predicted molar refractivity (Wildman–Crippen MR) is 62.3 cm³/mol. The maximum atomic E-state index is 12.8. The van der Waals surface area contributed by atoms with E-state index < -0.39 is 11.4 Å². The summed E-state index contributed by atoms with van der Waals surface area (Å²) in [6.45, 7) is 4.26. The molecule has 5 nitrogen and oxygen atoms in total. The van der Waals surface area contributed by atoms with Crippen LogP contribution in [0.1, 0.15) is 6.42 Å². The Bertz CT molecular complexity index is 437. The van der Waals surface area contributed by atoms with Crippen LogP contribution >= 0.6 is 11.3 Å². The minimum atomic E-state index is -0.974. The van der Waals surface area contributed by atoms with Crippen molar-refractivity contribution in [3.8, 4) is 0 Å². The second-order valence-corrected chi connectivity index (χ2v) is 4.56. The lowest BCUT2D eigenvalue weighted by Gasteiger charge is -2.16. The van der Waals surface area contributed by atoms with Crippen LogP contribution in [0.5, 0.6) is 0 Å². The van der Waals surface area contributed by atoms with Crippen LogP contribution in [0, 0.1) is 5.13 Å². The lowest BCUT2D eigenvalue weighted by molar-refractivity contribution is 0.177. The van der Waals surface area contributed by atoms with Crippen LogP contribution in [-0.2, 0) is 0 Å². The smallest absolute Gasteiger partial charge is 0.328 e. The van der Waals surface area contributed by atoms with Crippen molar-refractivity contribution in [3.63, 3.8) is 0 Å². The molecule has 0 aliphatic carbocycles. The van der Waals surface area contributed by atoms with E-state index in [9.17, 15) is 14.3 Å². The maximum absolute atomic E-state index is 12.8. The first-order valence-electron chi connectivity index (χ1n) is 5.12. The van der Waals surface area contributed by atoms with Crippen molar-refractivity contribution in [1.29, 1.82) is 0 Å². The molecule has 0 bridgehead atoms. The zero-order chi connectivity index (χ0) is 12.4. The summed E-state index contributed by atoms with van der Waals surface area (Å²) in [4.78, 5) is 18.3. The highest BCUT2D eigenvalue weighted by Gasteiger charge is 2.38. The van der Waals surface area contributed by atoms with Crippen LogP contribution in [0.15, 0.2) is 18.9 Å². The number of β-amino-alcohol motifs (C(OH)–C–C–N with tert-alkyl or cyclic N) is 1. The number of hydrogen-bond acceptors (Lipinski definition) is 4. The van der Waals surface area contributed by atoms with Crippen molar-refractivity contribution < 1.29 is 14.3 Å². The molecule has 1 N–H and O–H groups in total. The third kappa shape index (κ3) is 2.29. The zero-order valence-electron chi connectivity index (χ0n) is 9.04. The molecule has 1 saturated heterocycles. The van der Waals surface area contributed by atoms with Crippen LogP contribution < -0.4 is 4.90 Å². The first-order chi connectivity index (χ1) is 8.13. The fourth-order valence-corrected chi connectivity index (χ4v) is 2.32. The van der Waals surface area contributed by atoms with Crippen LogP contribution in [0.4, 0.5) is 14.3 Å². The Morgan fingerprint density at radius 2 is 2.53 bits per heavy atom. The second kappa shape index (κ2) is 4.80. The highest BCUT2D eigenvalue weighted by Crippen LogP contribution is 2.27. The summed E-state index contributed by atoms with van der Waals surface area (Å²) in [7, 11) is 0. The number of nitrogens with zero attached hydrogens (tertiary/aromatic N) is 3. The number of carbonyl (C=O) groups is 1. The number of carbonyl (C=O) groups excluding carboxylic acids is 1. The van der Waals surface area contributed by atoms with Gasteiger partial charge in [-0.1, -0.05) is 17.4 Å². The number of aliphatic hydroxyl groups is 1. The summed E-state index contributed by atoms with van der Waals surface area (Å²) >= 11 is 0.739. The Morgan fingerprint density at radius 1 is 1.76 bits per heavy atom. The molecule has 2 heterocycles. The molecule has 17 heavy (non-hydrogen) atoms. The first kappa shape index (κ1) is 12.0. The quantitative estimate of drug-likeness (QED) is 0.830. The van der Waals surface area contributed by atoms with Gasteiger partial charge < -0.3 is 10.0 Å². The topological polar surface area (TPSA) is 56.7 Å². The molecule has 92 valence electrons. The number of halogens is 1. The highest BCUT2D eigenvalue weighted by atomic mass is 32.1. The molecule has 1 aliphatic rings. The lowest BCUT2D eigenvalue weighted by atomic mass is 10.4. The van der Waals surface area contributed by atoms with Crippen molar-refractivity contribution in [2.45, 2.75) is 12.6 Å². The van der Waals surface area contributed by atoms with Crippen molar-refractivity contribution in [2.24, 2.45) is 0 Å². The van der Waals surface area contributed by atoms with Gasteiger partial charge in [0.25, 0.3) is 0 Å². The van der Waals surface area contributed by atoms with Crippen molar-refractivity contribution in [1.82, 2.24) is 9.88 Å². The van der Waals surface area contributed by atoms with E-state index in [0.29, 0.717) is 13.0 Å². The predicted octanol–water partition coefficient (Wildman–Crippen LogP) is 1.42. The van der Waals surface area contributed by atoms with Crippen LogP contribution in [0.2, 0.25) is 0 Å². The average molecular weight is 257 g/mol. The molecule has 1 atom stereocenters. The number of rotatable bonds is 4. The van der Waals surface area contributed by atoms with Crippen molar-refractivity contribution in [3.05, 3.63) is 24.0 Å². The number of urea groups is 1. The fourth-order valence-electron chi connectivity index (χ4n) is 1.64. The SMILES string of the molecule is C=CCCN1CC(O)N(c2ncc(F)s2)C1=O. The van der Waals surface area contributed by atoms with Crippen molar-refractivity contribution in [2.75, 3.05) is 18.0 Å². The van der Waals surface area contributed by atoms with Gasteiger partial charge in [-0.2, -0.15) is 4.39 Å². The maximum Gasteiger partial charge on any atom is 0.328 e. The van der Waals surface area contributed by atoms with Gasteiger partial charge in [0.05, 0.1) is 12.7 Å². The molecule has 1 unspecified atom stereocenters. The molecule has 0 radical (unpaired) electrons. The van der Waals surface area contributed by atoms with Gasteiger partial charge in [-0.3, -0.25) is 0 Å². The molecule has 1 aliphatic heterocycles. The second-order valence-electron chi connectivity index (χ2n) is 3.60. The summed E-state index contributed by atoms with van der Waals surface area (Å²) in [5, 5.41) is 9.47. The van der Waals surface area contributed by atoms with Gasteiger partial charge in [-0.15, -0.1) is 6.58 Å². The Hall–Kier alpha value is -1.47. The molecule has 0 saturated carbocycles. The third-order valence-electron chi connectivity index (χ3n) is 2.43. The lowest BCUT2D eigenvalue weighted by Crippen LogP contribution is -2.35. The number of anilines is 1. The molecular formula is C10H12FN3O2S. The zero-order valence-corrected chi connectivity index (χ0v) is 9.86. The molecular weight excluding hydrogens is 245 g/mol. The minimum Gasteiger partial charge on any atom is -0.371 e. The molecule has 1 fully saturated rings. The van der Waals surface area contributed by atoms with E-state index in [1.165, 1.54) is 4.90 Å². The Labute approximate surface area is 102 Å². The summed E-state index contributed by atoms with van der Waals surface area (Å²) in [5.41, 5.74) is 0. The first-order valence-corrected chi connectivity index (χ1v) is 5.93. The van der Waals surface area contributed by atoms with E-state index >= 15 is 0 Å². The summed E-state index contributed by atoms with van der Waals surface area (Å²) < 4.78 is 12.8. The molecule has 2 rings (SSSR count). The van der Waals surface area contributed by atoms with Gasteiger partial charge in [0.15, 0.2) is 16.5 Å². The standard InChI is InChI=1S/C10H12FN3O2S/c1-2-3-4-13-6-8(15)14(10(13)16)9-12-5-7(11)17-9/h2,5,8,15H,1,3-4,6H2. The van der Waals surface area contributed by atoms with Crippen LogP contribution in [0.25, 0.3) is 0 Å². The Balaban J connectivity index is 2.13. The van der Waals surface area contributed by atoms with Gasteiger partial charge in [0, 0.05) is 6.54 Å². The van der Waals surface area contributed by atoms with Gasteiger partial charge in [0.2, 0.25) is 0 Å². The third-order valence-corrected chi connectivity index (χ3v) is 3.22. The fraction of sp³-hybridized carbons (Fsp3) is 0.400. The number of hydrogen-bond donors (Lipinski definition) is 1. The van der Waals surface area contributed by atoms with E-state index in [0.717, 1.165) is 22.4 Å². The summed E-state index contributed by atoms with van der Waals surface area (Å²) in [5.74, 6) is 0. The normalized spacial score (nSPS) is 20.1. The number of amides is 2. The van der Waals surface area contributed by atoms with Gasteiger partial charge in [-0.25, -0.2) is 14.7 Å². The van der Waals surface area contributed by atoms with Crippen LogP contribution in [0.3, 0.4) is 0 Å². The highest BCUT2D eigenvalue weighted by molar-refractivity contribution is 7.14. The molecule has 0 aromatic carbocycles. The summed E-state index contributed by atoms with van der Waals surface area (Å²) in [6, 6.07) is -0.353. The monoisotopic (exact) mass is 257 g/mol. The van der Waals surface area contributed by atoms with E-state index in [-0.39, 0.29) is 17.7 Å². The van der Waals surface area contributed by atoms with E-state index in [2.05, 4.69) is 11.6 Å². The van der Waals surface area contributed by atoms with Gasteiger partial charge in [-0.05, 0) is 6.42 Å². The number of aliphatic hydroxyl groups excluding tert-OH is 1. The average Bonchev–Trinajstić information content (AvgIpc) is 2.81. The minimum absolute atomic E-state index is 0.182. The summed E-state index contributed by atoms with van der Waals surface area (Å²) in [6.07, 6.45) is 2.41. The van der Waals surface area contributed by atoms with E-state index in [1.807, 2.05) is 0 Å². The molecule has 7 heteroatoms. The Kier molecular flexibility index (Phi) is 3.39. The molecule has 1 aromatic rings. The molecule has 0 spiro atoms. The Morgan fingerprint density at radius 3 is 3.12 bits per heavy atom. The van der Waals surface area contributed by atoms with Gasteiger partial charge >= 0.3 is 6.03 Å². The molecule has 1 aromatic heterocycles. The van der Waals surface area contributed by atoms with E-state index in [4.69, 9.17) is 0 Å². The number of thiazole rings is 1. The van der Waals surface area contributed by atoms with Gasteiger partial charge in [0.1, 0.15) is 0 Å². The number of aromatic nitrogens is 1. The van der Waals surface area contributed by atoms with E-state index in [1.54, 1.807) is 6.08 Å². The largest absolute Gasteiger partial charge is 0.371 e. The van der Waals surface area contributed by atoms with Crippen LogP contribution in [-0.4, -0.2) is 40.3 Å². The van der Waals surface area contributed by atoms with Crippen molar-refractivity contribution >= 4 is 22.5 Å². The molecule has 2 amide bonds.